The summed E-state index contributed by atoms with van der Waals surface area (Å²) in [5.74, 6) is -0.975. The van der Waals surface area contributed by atoms with Crippen molar-refractivity contribution < 1.29 is 18.0 Å². The molecule has 1 aliphatic carbocycles. The van der Waals surface area contributed by atoms with Gasteiger partial charge in [-0.2, -0.15) is 4.31 Å². The molecule has 9 heteroatoms. The molecule has 2 aliphatic heterocycles. The van der Waals surface area contributed by atoms with Gasteiger partial charge in [-0.15, -0.1) is 0 Å². The first-order chi connectivity index (χ1) is 12.7. The normalized spacial score (nSPS) is 26.4. The number of nitrogens with zero attached hydrogens (tertiary/aromatic N) is 2. The van der Waals surface area contributed by atoms with Gasteiger partial charge < -0.3 is 0 Å². The number of hydrogen-bond acceptors (Lipinski definition) is 4. The molecule has 2 atom stereocenters. The molecule has 0 spiro atoms. The molecule has 0 aromatic heterocycles. The molecular formula is C18H18Cl2N2O4S. The molecule has 2 heterocycles. The lowest BCUT2D eigenvalue weighted by atomic mass is 9.85. The number of halogens is 2. The van der Waals surface area contributed by atoms with E-state index in [9.17, 15) is 18.0 Å². The predicted molar refractivity (Wildman–Crippen MR) is 101 cm³/mol. The van der Waals surface area contributed by atoms with Crippen LogP contribution in [0.2, 0.25) is 10.0 Å². The summed E-state index contributed by atoms with van der Waals surface area (Å²) in [7, 11) is -3.81. The summed E-state index contributed by atoms with van der Waals surface area (Å²) in [6, 6.07) is 2.44. The van der Waals surface area contributed by atoms with Crippen molar-refractivity contribution in [2.45, 2.75) is 30.7 Å². The number of carbonyl (C=O) groups excluding carboxylic acids is 2. The number of fused-ring (bicyclic) bond motifs is 1. The van der Waals surface area contributed by atoms with Crippen LogP contribution in [-0.2, 0) is 19.6 Å². The highest BCUT2D eigenvalue weighted by molar-refractivity contribution is 7.89. The van der Waals surface area contributed by atoms with E-state index in [-0.39, 0.29) is 46.7 Å². The van der Waals surface area contributed by atoms with E-state index in [4.69, 9.17) is 23.2 Å². The highest BCUT2D eigenvalue weighted by Gasteiger charge is 2.53. The third kappa shape index (κ3) is 2.92. The Balaban J connectivity index is 1.52. The Morgan fingerprint density at radius 2 is 1.52 bits per heavy atom. The summed E-state index contributed by atoms with van der Waals surface area (Å²) in [6.45, 7) is 1.88. The van der Waals surface area contributed by atoms with Crippen LogP contribution in [0.3, 0.4) is 0 Å². The minimum absolute atomic E-state index is 0.0125. The third-order valence-corrected chi connectivity index (χ3v) is 8.27. The van der Waals surface area contributed by atoms with E-state index in [1.807, 2.05) is 12.2 Å². The highest BCUT2D eigenvalue weighted by Crippen LogP contribution is 2.39. The van der Waals surface area contributed by atoms with Gasteiger partial charge in [-0.3, -0.25) is 14.5 Å². The van der Waals surface area contributed by atoms with Crippen LogP contribution in [0.4, 0.5) is 0 Å². The second-order valence-corrected chi connectivity index (χ2v) is 9.93. The first-order valence-corrected chi connectivity index (χ1v) is 10.9. The Hall–Kier alpha value is -1.41. The van der Waals surface area contributed by atoms with Crippen molar-refractivity contribution in [3.05, 3.63) is 39.9 Å². The predicted octanol–water partition coefficient (Wildman–Crippen LogP) is 2.63. The molecule has 1 aromatic rings. The first kappa shape index (κ1) is 18.9. The number of carbonyl (C=O) groups is 2. The van der Waals surface area contributed by atoms with Crippen LogP contribution in [0, 0.1) is 18.8 Å². The van der Waals surface area contributed by atoms with Gasteiger partial charge in [0.25, 0.3) is 0 Å². The number of imide groups is 1. The molecule has 2 saturated heterocycles. The van der Waals surface area contributed by atoms with E-state index in [1.165, 1.54) is 21.3 Å². The summed E-state index contributed by atoms with van der Waals surface area (Å²) in [4.78, 5) is 26.5. The van der Waals surface area contributed by atoms with Crippen LogP contribution in [0.1, 0.15) is 18.4 Å². The zero-order valence-electron chi connectivity index (χ0n) is 14.6. The molecule has 0 saturated carbocycles. The van der Waals surface area contributed by atoms with Gasteiger partial charge in [0.1, 0.15) is 4.90 Å². The van der Waals surface area contributed by atoms with Gasteiger partial charge >= 0.3 is 0 Å². The summed E-state index contributed by atoms with van der Waals surface area (Å²) in [5, 5.41) is 0.449. The smallest absolute Gasteiger partial charge is 0.244 e. The average Bonchev–Trinajstić information content (AvgIpc) is 2.82. The van der Waals surface area contributed by atoms with E-state index in [0.29, 0.717) is 23.4 Å². The zero-order valence-corrected chi connectivity index (χ0v) is 16.9. The summed E-state index contributed by atoms with van der Waals surface area (Å²) in [5.41, 5.74) is 0.609. The van der Waals surface area contributed by atoms with Gasteiger partial charge in [0.05, 0.1) is 22.9 Å². The molecule has 27 heavy (non-hydrogen) atoms. The number of amides is 2. The number of rotatable bonds is 3. The molecular weight excluding hydrogens is 411 g/mol. The van der Waals surface area contributed by atoms with Gasteiger partial charge in [-0.1, -0.05) is 35.4 Å². The van der Waals surface area contributed by atoms with Gasteiger partial charge in [0.2, 0.25) is 21.8 Å². The lowest BCUT2D eigenvalue weighted by molar-refractivity contribution is -0.145. The lowest BCUT2D eigenvalue weighted by Crippen LogP contribution is -2.62. The highest BCUT2D eigenvalue weighted by atomic mass is 35.5. The Bertz CT molecular complexity index is 944. The van der Waals surface area contributed by atoms with E-state index in [1.54, 1.807) is 6.92 Å². The second-order valence-electron chi connectivity index (χ2n) is 7.21. The van der Waals surface area contributed by atoms with Crippen LogP contribution < -0.4 is 0 Å². The monoisotopic (exact) mass is 428 g/mol. The number of sulfonamides is 1. The third-order valence-electron chi connectivity index (χ3n) is 5.57. The van der Waals surface area contributed by atoms with Crippen molar-refractivity contribution in [1.82, 2.24) is 9.21 Å². The van der Waals surface area contributed by atoms with Crippen LogP contribution in [0.25, 0.3) is 0 Å². The molecule has 0 N–H and O–H groups in total. The van der Waals surface area contributed by atoms with Gasteiger partial charge in [0, 0.05) is 18.1 Å². The fraction of sp³-hybridized carbons (Fsp3) is 0.444. The summed E-state index contributed by atoms with van der Waals surface area (Å²) >= 11 is 12.1. The largest absolute Gasteiger partial charge is 0.276 e. The van der Waals surface area contributed by atoms with E-state index < -0.39 is 16.1 Å². The van der Waals surface area contributed by atoms with E-state index in [2.05, 4.69) is 0 Å². The van der Waals surface area contributed by atoms with Crippen molar-refractivity contribution in [1.29, 1.82) is 0 Å². The summed E-state index contributed by atoms with van der Waals surface area (Å²) in [6.07, 6.45) is 5.00. The fourth-order valence-electron chi connectivity index (χ4n) is 3.93. The van der Waals surface area contributed by atoms with Crippen LogP contribution in [-0.4, -0.2) is 48.6 Å². The van der Waals surface area contributed by atoms with Crippen molar-refractivity contribution >= 4 is 45.0 Å². The number of aryl methyl sites for hydroxylation is 1. The molecule has 4 rings (SSSR count). The standard InChI is InChI=1S/C18H18Cl2N2O4S/c1-10-6-16(15(20)7-14(10)19)27(25,26)21-8-11(9-21)22-17(23)12-4-2-3-5-13(12)18(22)24/h2-3,6-7,11-13H,4-5,8-9H2,1H3/t12-,13-/m0/s1. The maximum Gasteiger partial charge on any atom is 0.244 e. The number of allylic oxidation sites excluding steroid dienone is 2. The van der Waals surface area contributed by atoms with Gasteiger partial charge in [-0.05, 0) is 37.5 Å². The Kier molecular flexibility index (Phi) is 4.62. The number of likely N-dealkylation sites (tertiary alicyclic amines) is 1. The van der Waals surface area contributed by atoms with Gasteiger partial charge in [-0.25, -0.2) is 8.42 Å². The van der Waals surface area contributed by atoms with Crippen molar-refractivity contribution in [3.8, 4) is 0 Å². The molecule has 0 bridgehead atoms. The Morgan fingerprint density at radius 1 is 0.963 bits per heavy atom. The Morgan fingerprint density at radius 3 is 2.07 bits per heavy atom. The molecule has 3 aliphatic rings. The molecule has 2 fully saturated rings. The number of hydrogen-bond donors (Lipinski definition) is 0. The van der Waals surface area contributed by atoms with Crippen LogP contribution >= 0.6 is 23.2 Å². The van der Waals surface area contributed by atoms with E-state index in [0.717, 1.165) is 0 Å². The molecule has 0 unspecified atom stereocenters. The molecule has 2 amide bonds. The van der Waals surface area contributed by atoms with Crippen LogP contribution in [0.5, 0.6) is 0 Å². The fourth-order valence-corrected chi connectivity index (χ4v) is 6.25. The summed E-state index contributed by atoms with van der Waals surface area (Å²) < 4.78 is 27.0. The van der Waals surface area contributed by atoms with Crippen molar-refractivity contribution in [2.24, 2.45) is 11.8 Å². The topological polar surface area (TPSA) is 74.8 Å². The Labute approximate surface area is 167 Å². The molecule has 144 valence electrons. The first-order valence-electron chi connectivity index (χ1n) is 8.69. The number of benzene rings is 1. The maximum atomic E-state index is 12.9. The van der Waals surface area contributed by atoms with E-state index >= 15 is 0 Å². The molecule has 0 radical (unpaired) electrons. The molecule has 6 nitrogen and oxygen atoms in total. The zero-order chi connectivity index (χ0) is 19.5. The van der Waals surface area contributed by atoms with Crippen molar-refractivity contribution in [3.63, 3.8) is 0 Å². The SMILES string of the molecule is Cc1cc(S(=O)(=O)N2CC(N3C(=O)[C@H]4CC=CC[C@@H]4C3=O)C2)c(Cl)cc1Cl. The molecule has 1 aromatic carbocycles. The van der Waals surface area contributed by atoms with Crippen molar-refractivity contribution in [2.75, 3.05) is 13.1 Å². The lowest BCUT2D eigenvalue weighted by Gasteiger charge is -2.42. The maximum absolute atomic E-state index is 12.9. The van der Waals surface area contributed by atoms with Crippen LogP contribution in [0.15, 0.2) is 29.2 Å². The minimum atomic E-state index is -3.81. The quantitative estimate of drug-likeness (QED) is 0.547. The van der Waals surface area contributed by atoms with Gasteiger partial charge in [0.15, 0.2) is 0 Å². The average molecular weight is 429 g/mol. The minimum Gasteiger partial charge on any atom is -0.276 e. The second kappa shape index (κ2) is 6.58.